The molecule has 10 unspecified atom stereocenters. The maximum absolute atomic E-state index is 2.98. The van der Waals surface area contributed by atoms with E-state index in [2.05, 4.69) is 42.4 Å². The SMILES string of the molecule is CC(C)N1CCC2CC(CC(C)N3CC4CC3CC4CC(C)N3CCC4CCCCC43)CC21. The van der Waals surface area contributed by atoms with E-state index in [9.17, 15) is 0 Å². The number of rotatable bonds is 7. The molecule has 3 saturated heterocycles. The lowest BCUT2D eigenvalue weighted by molar-refractivity contribution is 0.0831. The normalized spacial score (nSPS) is 45.7. The van der Waals surface area contributed by atoms with E-state index in [0.717, 1.165) is 65.8 Å². The fraction of sp³-hybridized carbons (Fsp3) is 1.00. The number of fused-ring (bicyclic) bond motifs is 4. The van der Waals surface area contributed by atoms with Gasteiger partial charge < -0.3 is 0 Å². The van der Waals surface area contributed by atoms with Gasteiger partial charge in [-0.15, -0.1) is 0 Å². The molecule has 3 nitrogen and oxygen atoms in total. The van der Waals surface area contributed by atoms with Gasteiger partial charge in [0.25, 0.3) is 0 Å². The van der Waals surface area contributed by atoms with Crippen LogP contribution in [0, 0.1) is 29.6 Å². The summed E-state index contributed by atoms with van der Waals surface area (Å²) in [7, 11) is 0. The van der Waals surface area contributed by atoms with Crippen LogP contribution in [0.4, 0.5) is 0 Å². The molecular weight excluding hydrogens is 402 g/mol. The third kappa shape index (κ3) is 4.35. The van der Waals surface area contributed by atoms with Gasteiger partial charge in [0, 0.05) is 42.8 Å². The fourth-order valence-corrected chi connectivity index (χ4v) is 10.3. The lowest BCUT2D eigenvalue weighted by Crippen LogP contribution is -2.45. The maximum atomic E-state index is 2.98. The lowest BCUT2D eigenvalue weighted by atomic mass is 9.84. The van der Waals surface area contributed by atoms with Gasteiger partial charge in [-0.3, -0.25) is 14.7 Å². The minimum atomic E-state index is 0.745. The quantitative estimate of drug-likeness (QED) is 0.464. The molecule has 0 spiro atoms. The molecule has 188 valence electrons. The molecule has 0 aromatic carbocycles. The third-order valence-electron chi connectivity index (χ3n) is 11.8. The third-order valence-corrected chi connectivity index (χ3v) is 11.8. The number of hydrogen-bond donors (Lipinski definition) is 0. The average Bonchev–Trinajstić information content (AvgIpc) is 3.58. The molecular formula is C30H53N3. The highest BCUT2D eigenvalue weighted by Crippen LogP contribution is 2.49. The van der Waals surface area contributed by atoms with Crippen LogP contribution in [-0.4, -0.2) is 70.6 Å². The molecule has 2 bridgehead atoms. The zero-order chi connectivity index (χ0) is 22.7. The van der Waals surface area contributed by atoms with Crippen LogP contribution in [0.5, 0.6) is 0 Å². The molecule has 3 aliphatic carbocycles. The molecule has 6 rings (SSSR count). The molecule has 33 heavy (non-hydrogen) atoms. The molecule has 3 saturated carbocycles. The number of hydrogen-bond acceptors (Lipinski definition) is 3. The van der Waals surface area contributed by atoms with Crippen molar-refractivity contribution in [1.82, 2.24) is 14.7 Å². The van der Waals surface area contributed by atoms with E-state index in [-0.39, 0.29) is 0 Å². The second kappa shape index (κ2) is 9.40. The Bertz CT molecular complexity index is 677. The Morgan fingerprint density at radius 1 is 0.636 bits per heavy atom. The molecule has 0 amide bonds. The monoisotopic (exact) mass is 455 g/mol. The van der Waals surface area contributed by atoms with Crippen molar-refractivity contribution < 1.29 is 0 Å². The van der Waals surface area contributed by atoms with E-state index in [1.807, 2.05) is 0 Å². The van der Waals surface area contributed by atoms with Crippen LogP contribution >= 0.6 is 0 Å². The van der Waals surface area contributed by atoms with E-state index in [1.54, 1.807) is 0 Å². The van der Waals surface area contributed by atoms with E-state index in [4.69, 9.17) is 0 Å². The fourth-order valence-electron chi connectivity index (χ4n) is 10.3. The van der Waals surface area contributed by atoms with E-state index in [0.29, 0.717) is 0 Å². The van der Waals surface area contributed by atoms with Crippen molar-refractivity contribution >= 4 is 0 Å². The van der Waals surface area contributed by atoms with Gasteiger partial charge >= 0.3 is 0 Å². The average molecular weight is 456 g/mol. The molecule has 3 heterocycles. The molecule has 10 atom stereocenters. The Hall–Kier alpha value is -0.120. The first kappa shape index (κ1) is 23.3. The van der Waals surface area contributed by atoms with Gasteiger partial charge in [0.2, 0.25) is 0 Å². The van der Waals surface area contributed by atoms with Crippen molar-refractivity contribution in [3.05, 3.63) is 0 Å². The van der Waals surface area contributed by atoms with Crippen molar-refractivity contribution in [3.63, 3.8) is 0 Å². The van der Waals surface area contributed by atoms with Crippen LogP contribution in [0.3, 0.4) is 0 Å². The number of piperidine rings is 1. The molecule has 0 N–H and O–H groups in total. The van der Waals surface area contributed by atoms with Crippen LogP contribution in [0.2, 0.25) is 0 Å². The van der Waals surface area contributed by atoms with Crippen molar-refractivity contribution in [3.8, 4) is 0 Å². The highest BCUT2D eigenvalue weighted by Gasteiger charge is 2.48. The van der Waals surface area contributed by atoms with E-state index >= 15 is 0 Å². The smallest absolute Gasteiger partial charge is 0.0129 e. The molecule has 6 fully saturated rings. The Morgan fingerprint density at radius 3 is 2.18 bits per heavy atom. The minimum Gasteiger partial charge on any atom is -0.298 e. The van der Waals surface area contributed by atoms with Crippen LogP contribution in [-0.2, 0) is 0 Å². The van der Waals surface area contributed by atoms with Gasteiger partial charge in [-0.25, -0.2) is 0 Å². The van der Waals surface area contributed by atoms with Crippen molar-refractivity contribution in [1.29, 1.82) is 0 Å². The second-order valence-corrected chi connectivity index (χ2v) is 13.9. The Kier molecular flexibility index (Phi) is 6.63. The minimum absolute atomic E-state index is 0.745. The molecule has 0 aromatic heterocycles. The Morgan fingerprint density at radius 2 is 1.39 bits per heavy atom. The summed E-state index contributed by atoms with van der Waals surface area (Å²) in [5, 5.41) is 0. The molecule has 3 aliphatic heterocycles. The predicted octanol–water partition coefficient (Wildman–Crippen LogP) is 6.03. The highest BCUT2D eigenvalue weighted by atomic mass is 15.2. The van der Waals surface area contributed by atoms with Gasteiger partial charge in [-0.1, -0.05) is 12.8 Å². The molecule has 0 aromatic rings. The number of likely N-dealkylation sites (tertiary alicyclic amines) is 3. The zero-order valence-corrected chi connectivity index (χ0v) is 22.3. The van der Waals surface area contributed by atoms with Crippen LogP contribution < -0.4 is 0 Å². The highest BCUT2D eigenvalue weighted by molar-refractivity contribution is 5.02. The van der Waals surface area contributed by atoms with Gasteiger partial charge in [0.1, 0.15) is 0 Å². The Labute approximate surface area is 205 Å². The van der Waals surface area contributed by atoms with E-state index < -0.39 is 0 Å². The summed E-state index contributed by atoms with van der Waals surface area (Å²) in [5.74, 6) is 5.07. The van der Waals surface area contributed by atoms with Gasteiger partial charge in [-0.05, 0) is 135 Å². The van der Waals surface area contributed by atoms with Crippen LogP contribution in [0.25, 0.3) is 0 Å². The molecule has 3 heteroatoms. The standard InChI is InChI=1S/C30H53N3/c1-20(2)31-11-10-25-15-23(16-30(25)31)13-21(3)33-19-27-18-28(33)17-26(27)14-22(4)32-12-9-24-7-5-6-8-29(24)32/h20-30H,5-19H2,1-4H3. The summed E-state index contributed by atoms with van der Waals surface area (Å²) in [6.45, 7) is 14.2. The van der Waals surface area contributed by atoms with Crippen LogP contribution in [0.1, 0.15) is 105 Å². The summed E-state index contributed by atoms with van der Waals surface area (Å²) in [6, 6.07) is 5.16. The maximum Gasteiger partial charge on any atom is 0.0129 e. The van der Waals surface area contributed by atoms with Crippen molar-refractivity contribution in [2.75, 3.05) is 19.6 Å². The van der Waals surface area contributed by atoms with E-state index in [1.165, 1.54) is 96.7 Å². The largest absolute Gasteiger partial charge is 0.298 e. The van der Waals surface area contributed by atoms with Crippen molar-refractivity contribution in [2.45, 2.75) is 141 Å². The van der Waals surface area contributed by atoms with Gasteiger partial charge in [0.05, 0.1) is 0 Å². The zero-order valence-electron chi connectivity index (χ0n) is 22.3. The van der Waals surface area contributed by atoms with Gasteiger partial charge in [-0.2, -0.15) is 0 Å². The summed E-state index contributed by atoms with van der Waals surface area (Å²) in [6.07, 6.45) is 18.0. The first-order valence-corrected chi connectivity index (χ1v) is 15.2. The second-order valence-electron chi connectivity index (χ2n) is 13.9. The Balaban J connectivity index is 0.982. The molecule has 0 radical (unpaired) electrons. The topological polar surface area (TPSA) is 9.72 Å². The van der Waals surface area contributed by atoms with Crippen molar-refractivity contribution in [2.24, 2.45) is 29.6 Å². The summed E-state index contributed by atoms with van der Waals surface area (Å²) >= 11 is 0. The summed E-state index contributed by atoms with van der Waals surface area (Å²) < 4.78 is 0. The number of nitrogens with zero attached hydrogens (tertiary/aromatic N) is 3. The summed E-state index contributed by atoms with van der Waals surface area (Å²) in [4.78, 5) is 8.77. The molecule has 6 aliphatic rings. The van der Waals surface area contributed by atoms with Gasteiger partial charge in [0.15, 0.2) is 0 Å². The predicted molar refractivity (Wildman–Crippen MR) is 138 cm³/mol. The first-order valence-electron chi connectivity index (χ1n) is 15.2. The van der Waals surface area contributed by atoms with Crippen LogP contribution in [0.15, 0.2) is 0 Å². The first-order chi connectivity index (χ1) is 16.0. The lowest BCUT2D eigenvalue weighted by Gasteiger charge is -2.40. The summed E-state index contributed by atoms with van der Waals surface area (Å²) in [5.41, 5.74) is 0.